The third-order valence-corrected chi connectivity index (χ3v) is 10.0. The molecular formula is C34H39IN2O3. The van der Waals surface area contributed by atoms with E-state index < -0.39 is 11.5 Å². The van der Waals surface area contributed by atoms with Crippen molar-refractivity contribution in [3.63, 3.8) is 0 Å². The van der Waals surface area contributed by atoms with Crippen LogP contribution in [-0.4, -0.2) is 39.1 Å². The first-order valence-electron chi connectivity index (χ1n) is 14.6. The minimum absolute atomic E-state index is 0.0345. The van der Waals surface area contributed by atoms with E-state index in [2.05, 4.69) is 111 Å². The number of para-hydroxylation sites is 1. The highest BCUT2D eigenvalue weighted by Gasteiger charge is 2.56. The topological polar surface area (TPSA) is 57.7 Å². The Labute approximate surface area is 251 Å². The van der Waals surface area contributed by atoms with Crippen LogP contribution in [0.2, 0.25) is 0 Å². The summed E-state index contributed by atoms with van der Waals surface area (Å²) in [6.45, 7) is 5.26. The number of halogens is 1. The number of aromatic amines is 1. The van der Waals surface area contributed by atoms with E-state index in [0.29, 0.717) is 32.3 Å². The molecule has 6 heteroatoms. The average molecular weight is 651 g/mol. The lowest BCUT2D eigenvalue weighted by Gasteiger charge is -2.41. The molecule has 3 aromatic carbocycles. The molecule has 0 amide bonds. The molecule has 1 aromatic heterocycles. The maximum absolute atomic E-state index is 11.7. The van der Waals surface area contributed by atoms with Gasteiger partial charge in [-0.15, -0.1) is 0 Å². The van der Waals surface area contributed by atoms with Crippen molar-refractivity contribution in [2.24, 2.45) is 11.8 Å². The number of ether oxygens (including phenoxy) is 2. The molecule has 0 saturated heterocycles. The van der Waals surface area contributed by atoms with Crippen molar-refractivity contribution in [3.05, 3.63) is 107 Å². The summed E-state index contributed by atoms with van der Waals surface area (Å²) in [6.07, 6.45) is 2.44. The van der Waals surface area contributed by atoms with Gasteiger partial charge < -0.3 is 19.6 Å². The number of hydrogen-bond donors (Lipinski definition) is 2. The van der Waals surface area contributed by atoms with Crippen molar-refractivity contribution >= 4 is 33.8 Å². The molecule has 4 unspecified atom stereocenters. The highest BCUT2D eigenvalue weighted by molar-refractivity contribution is 14.1. The summed E-state index contributed by atoms with van der Waals surface area (Å²) in [5, 5.41) is 13.0. The molecule has 0 radical (unpaired) electrons. The molecule has 40 heavy (non-hydrogen) atoms. The first-order chi connectivity index (χ1) is 19.6. The van der Waals surface area contributed by atoms with Crippen molar-refractivity contribution < 1.29 is 14.6 Å². The van der Waals surface area contributed by atoms with E-state index in [9.17, 15) is 5.11 Å². The van der Waals surface area contributed by atoms with Gasteiger partial charge in [0.2, 0.25) is 0 Å². The predicted octanol–water partition coefficient (Wildman–Crippen LogP) is 7.34. The minimum Gasteiger partial charge on any atom is -0.393 e. The molecule has 1 saturated carbocycles. The second-order valence-electron chi connectivity index (χ2n) is 11.5. The van der Waals surface area contributed by atoms with Gasteiger partial charge in [-0.25, -0.2) is 3.11 Å². The van der Waals surface area contributed by atoms with Crippen molar-refractivity contribution in [1.29, 1.82) is 0 Å². The number of hydrogen-bond acceptors (Lipinski definition) is 4. The smallest absolute Gasteiger partial charge is 0.0717 e. The van der Waals surface area contributed by atoms with Gasteiger partial charge in [0.1, 0.15) is 0 Å². The monoisotopic (exact) mass is 650 g/mol. The van der Waals surface area contributed by atoms with Gasteiger partial charge in [0.05, 0.1) is 37.9 Å². The molecule has 2 bridgehead atoms. The second kappa shape index (κ2) is 12.3. The second-order valence-corrected chi connectivity index (χ2v) is 12.8. The summed E-state index contributed by atoms with van der Waals surface area (Å²) in [5.41, 5.74) is 5.48. The van der Waals surface area contributed by atoms with Crippen LogP contribution in [0.15, 0.2) is 84.9 Å². The van der Waals surface area contributed by atoms with E-state index in [0.717, 1.165) is 42.5 Å². The lowest BCUT2D eigenvalue weighted by atomic mass is 9.71. The molecule has 2 aliphatic rings. The van der Waals surface area contributed by atoms with Gasteiger partial charge in [-0.3, -0.25) is 0 Å². The number of H-pyrrole nitrogens is 1. The van der Waals surface area contributed by atoms with Gasteiger partial charge in [-0.05, 0) is 47.9 Å². The Hall–Kier alpha value is -2.23. The SMILES string of the molecule is CCCN(I)C1c2c([nH]c3ccccc23)C(COCc2ccccc2)(COCc2ccccc2)C2CC1CC2O. The highest BCUT2D eigenvalue weighted by Crippen LogP contribution is 2.57. The number of benzene rings is 3. The molecule has 6 rings (SSSR count). The fourth-order valence-electron chi connectivity index (χ4n) is 7.16. The van der Waals surface area contributed by atoms with Gasteiger partial charge in [-0.1, -0.05) is 85.8 Å². The van der Waals surface area contributed by atoms with Crippen molar-refractivity contribution in [2.45, 2.75) is 57.0 Å². The maximum atomic E-state index is 11.7. The molecule has 0 aliphatic heterocycles. The van der Waals surface area contributed by atoms with E-state index in [1.165, 1.54) is 16.6 Å². The van der Waals surface area contributed by atoms with Gasteiger partial charge in [-0.2, -0.15) is 0 Å². The molecule has 1 heterocycles. The Morgan fingerprint density at radius 2 is 1.48 bits per heavy atom. The predicted molar refractivity (Wildman–Crippen MR) is 168 cm³/mol. The van der Waals surface area contributed by atoms with Gasteiger partial charge in [0, 0.05) is 58.0 Å². The van der Waals surface area contributed by atoms with E-state index in [1.54, 1.807) is 0 Å². The van der Waals surface area contributed by atoms with Crippen LogP contribution in [0.1, 0.15) is 54.6 Å². The molecule has 4 atom stereocenters. The van der Waals surface area contributed by atoms with Crippen molar-refractivity contribution in [2.75, 3.05) is 19.8 Å². The zero-order valence-electron chi connectivity index (χ0n) is 23.1. The van der Waals surface area contributed by atoms with E-state index in [-0.39, 0.29) is 12.0 Å². The number of aromatic nitrogens is 1. The first-order valence-corrected chi connectivity index (χ1v) is 15.5. The quantitative estimate of drug-likeness (QED) is 0.132. The van der Waals surface area contributed by atoms with Crippen LogP contribution in [0.4, 0.5) is 0 Å². The average Bonchev–Trinajstić information content (AvgIpc) is 3.52. The third-order valence-electron chi connectivity index (χ3n) is 8.94. The van der Waals surface area contributed by atoms with Crippen LogP contribution in [0, 0.1) is 11.8 Å². The first kappa shape index (κ1) is 27.9. The van der Waals surface area contributed by atoms with Crippen molar-refractivity contribution in [1.82, 2.24) is 8.10 Å². The van der Waals surface area contributed by atoms with E-state index >= 15 is 0 Å². The van der Waals surface area contributed by atoms with E-state index in [4.69, 9.17) is 9.47 Å². The number of rotatable bonds is 11. The molecule has 1 fully saturated rings. The number of fused-ring (bicyclic) bond motifs is 5. The number of aliphatic hydroxyl groups excluding tert-OH is 1. The third kappa shape index (κ3) is 5.37. The molecule has 2 N–H and O–H groups in total. The molecule has 0 spiro atoms. The number of nitrogens with zero attached hydrogens (tertiary/aromatic N) is 1. The number of nitrogens with one attached hydrogen (secondary N) is 1. The molecular weight excluding hydrogens is 611 g/mol. The van der Waals surface area contributed by atoms with Crippen LogP contribution < -0.4 is 0 Å². The van der Waals surface area contributed by atoms with Crippen molar-refractivity contribution in [3.8, 4) is 0 Å². The molecule has 2 aliphatic carbocycles. The Morgan fingerprint density at radius 3 is 2.10 bits per heavy atom. The number of aliphatic hydroxyl groups is 1. The van der Waals surface area contributed by atoms with Crippen LogP contribution >= 0.6 is 22.9 Å². The summed E-state index contributed by atoms with van der Waals surface area (Å²) < 4.78 is 15.7. The van der Waals surface area contributed by atoms with Gasteiger partial charge in [0.15, 0.2) is 0 Å². The normalized spacial score (nSPS) is 23.4. The fraction of sp³-hybridized carbons (Fsp3) is 0.412. The van der Waals surface area contributed by atoms with Gasteiger partial charge in [0.25, 0.3) is 0 Å². The largest absolute Gasteiger partial charge is 0.393 e. The highest BCUT2D eigenvalue weighted by atomic mass is 127. The summed E-state index contributed by atoms with van der Waals surface area (Å²) in [5.74, 6) is 0.402. The molecule has 210 valence electrons. The summed E-state index contributed by atoms with van der Waals surface area (Å²) in [4.78, 5) is 3.88. The Kier molecular flexibility index (Phi) is 8.61. The zero-order chi connectivity index (χ0) is 27.5. The van der Waals surface area contributed by atoms with Crippen LogP contribution in [0.5, 0.6) is 0 Å². The lowest BCUT2D eigenvalue weighted by molar-refractivity contribution is -0.0450. The van der Waals surface area contributed by atoms with Crippen LogP contribution in [0.3, 0.4) is 0 Å². The van der Waals surface area contributed by atoms with Gasteiger partial charge >= 0.3 is 0 Å². The minimum atomic E-state index is -0.509. The molecule has 4 aromatic rings. The standard InChI is InChI=1S/C34H39IN2O3/c1-2-17-37(35)32-26-18-28(30(38)19-26)34(22-39-20-24-11-5-3-6-12-24,23-40-21-25-13-7-4-8-14-25)33-31(32)27-15-9-10-16-29(27)36-33/h3-16,26,28,30,32,36,38H,2,17-23H2,1H3. The lowest BCUT2D eigenvalue weighted by Crippen LogP contribution is -2.48. The summed E-state index contributed by atoms with van der Waals surface area (Å²) in [6, 6.07) is 29.6. The molecule has 5 nitrogen and oxygen atoms in total. The van der Waals surface area contributed by atoms with Crippen LogP contribution in [0.25, 0.3) is 10.9 Å². The zero-order valence-corrected chi connectivity index (χ0v) is 25.3. The Bertz CT molecular complexity index is 1350. The van der Waals surface area contributed by atoms with Crippen LogP contribution in [-0.2, 0) is 28.1 Å². The van der Waals surface area contributed by atoms with E-state index in [1.807, 2.05) is 12.1 Å². The Morgan fingerprint density at radius 1 is 0.875 bits per heavy atom. The summed E-state index contributed by atoms with van der Waals surface area (Å²) in [7, 11) is 0. The summed E-state index contributed by atoms with van der Waals surface area (Å²) >= 11 is 2.53. The Balaban J connectivity index is 1.45. The fourth-order valence-corrected chi connectivity index (χ4v) is 8.38. The maximum Gasteiger partial charge on any atom is 0.0717 e.